The summed E-state index contributed by atoms with van der Waals surface area (Å²) in [5.74, 6) is 0.376. The van der Waals surface area contributed by atoms with Gasteiger partial charge in [0.05, 0.1) is 28.7 Å². The molecule has 4 rings (SSSR count). The van der Waals surface area contributed by atoms with Gasteiger partial charge in [-0.25, -0.2) is 14.8 Å². The lowest BCUT2D eigenvalue weighted by atomic mass is 10.0. The van der Waals surface area contributed by atoms with Crippen molar-refractivity contribution in [2.45, 2.75) is 51.3 Å². The molecule has 0 radical (unpaired) electrons. The number of anilines is 1. The Labute approximate surface area is 191 Å². The smallest absolute Gasteiger partial charge is 0.333 e. The number of benzene rings is 1. The van der Waals surface area contributed by atoms with Gasteiger partial charge in [-0.05, 0) is 57.9 Å². The highest BCUT2D eigenvalue weighted by Crippen LogP contribution is 2.27. The Hall–Kier alpha value is -2.68. The number of ether oxygens (including phenoxy) is 1. The van der Waals surface area contributed by atoms with Gasteiger partial charge in [-0.2, -0.15) is 0 Å². The second kappa shape index (κ2) is 9.05. The first-order valence-corrected chi connectivity index (χ1v) is 11.1. The Balaban J connectivity index is 1.81. The molecule has 0 bridgehead atoms. The van der Waals surface area contributed by atoms with Crippen molar-refractivity contribution in [1.82, 2.24) is 19.1 Å². The highest BCUT2D eigenvalue weighted by atomic mass is 35.5. The number of hydrogen-bond acceptors (Lipinski definition) is 6. The van der Waals surface area contributed by atoms with Gasteiger partial charge < -0.3 is 15.2 Å². The van der Waals surface area contributed by atoms with Gasteiger partial charge in [0.25, 0.3) is 0 Å². The fourth-order valence-corrected chi connectivity index (χ4v) is 3.86. The third-order valence-electron chi connectivity index (χ3n) is 5.89. The maximum absolute atomic E-state index is 13.5. The highest BCUT2D eigenvalue weighted by Gasteiger charge is 2.25. The van der Waals surface area contributed by atoms with Crippen LogP contribution in [0.4, 0.5) is 5.95 Å². The zero-order valence-electron chi connectivity index (χ0n) is 18.5. The largest absolute Gasteiger partial charge is 0.388 e. The average molecular weight is 458 g/mol. The van der Waals surface area contributed by atoms with E-state index in [1.165, 1.54) is 0 Å². The van der Waals surface area contributed by atoms with Crippen molar-refractivity contribution < 1.29 is 9.84 Å². The topological polar surface area (TPSA) is 94.2 Å². The van der Waals surface area contributed by atoms with E-state index in [1.807, 2.05) is 25.3 Å². The molecule has 3 heterocycles. The number of nitrogens with one attached hydrogen (secondary N) is 1. The second-order valence-corrected chi connectivity index (χ2v) is 9.08. The van der Waals surface area contributed by atoms with E-state index < -0.39 is 5.60 Å². The summed E-state index contributed by atoms with van der Waals surface area (Å²) in [6.45, 7) is 6.56. The van der Waals surface area contributed by atoms with Crippen LogP contribution in [0.15, 0.2) is 47.5 Å². The second-order valence-electron chi connectivity index (χ2n) is 8.65. The predicted octanol–water partition coefficient (Wildman–Crippen LogP) is 3.67. The maximum Gasteiger partial charge on any atom is 0.333 e. The lowest BCUT2D eigenvalue weighted by Gasteiger charge is -2.26. The van der Waals surface area contributed by atoms with E-state index in [4.69, 9.17) is 16.3 Å². The molecule has 3 aromatic rings. The van der Waals surface area contributed by atoms with Crippen molar-refractivity contribution in [3.8, 4) is 17.1 Å². The minimum absolute atomic E-state index is 0.0603. The molecule has 1 fully saturated rings. The van der Waals surface area contributed by atoms with Gasteiger partial charge in [0.15, 0.2) is 0 Å². The molecule has 1 saturated heterocycles. The zero-order valence-corrected chi connectivity index (χ0v) is 19.2. The van der Waals surface area contributed by atoms with Crippen LogP contribution in [0.5, 0.6) is 0 Å². The standard InChI is InChI=1S/C23H28ClN5O3/c1-15(23(2,3)31)26-21-25-10-7-19(27-21)20-14-28(17-8-11-32-12-9-17)22(30)29(20)18-6-4-5-16(24)13-18/h4-7,10,13-15,17,31H,8-9,11-12H2,1-3H3,(H,25,26,27). The van der Waals surface area contributed by atoms with Gasteiger partial charge in [0.2, 0.25) is 5.95 Å². The van der Waals surface area contributed by atoms with Gasteiger partial charge in [-0.15, -0.1) is 0 Å². The van der Waals surface area contributed by atoms with Crippen LogP contribution in [0.2, 0.25) is 5.02 Å². The quantitative estimate of drug-likeness (QED) is 0.586. The minimum atomic E-state index is -0.950. The Bertz CT molecular complexity index is 1150. The lowest BCUT2D eigenvalue weighted by molar-refractivity contribution is 0.0646. The molecule has 1 aliphatic heterocycles. The molecule has 170 valence electrons. The first kappa shape index (κ1) is 22.5. The van der Waals surface area contributed by atoms with Crippen LogP contribution in [-0.2, 0) is 4.74 Å². The molecule has 1 aliphatic rings. The van der Waals surface area contributed by atoms with Crippen LogP contribution in [0.3, 0.4) is 0 Å². The first-order chi connectivity index (χ1) is 15.2. The SMILES string of the molecule is CC(Nc1nccc(-c2cn(C3CCOCC3)c(=O)n2-c2cccc(Cl)c2)n1)C(C)(C)O. The molecular weight excluding hydrogens is 430 g/mol. The van der Waals surface area contributed by atoms with Crippen molar-refractivity contribution in [2.24, 2.45) is 0 Å². The number of hydrogen-bond donors (Lipinski definition) is 2. The summed E-state index contributed by atoms with van der Waals surface area (Å²) in [5.41, 5.74) is 0.807. The summed E-state index contributed by atoms with van der Waals surface area (Å²) in [6.07, 6.45) is 5.04. The molecule has 8 nitrogen and oxygen atoms in total. The third kappa shape index (κ3) is 4.72. The van der Waals surface area contributed by atoms with E-state index in [-0.39, 0.29) is 17.8 Å². The number of imidazole rings is 1. The Kier molecular flexibility index (Phi) is 6.37. The van der Waals surface area contributed by atoms with Gasteiger partial charge in [0.1, 0.15) is 0 Å². The summed E-state index contributed by atoms with van der Waals surface area (Å²) >= 11 is 6.23. The van der Waals surface area contributed by atoms with E-state index in [9.17, 15) is 9.90 Å². The van der Waals surface area contributed by atoms with Gasteiger partial charge in [-0.3, -0.25) is 9.13 Å². The van der Waals surface area contributed by atoms with Crippen LogP contribution >= 0.6 is 11.6 Å². The molecular formula is C23H28ClN5O3. The molecule has 1 unspecified atom stereocenters. The van der Waals surface area contributed by atoms with Crippen molar-refractivity contribution in [1.29, 1.82) is 0 Å². The molecule has 9 heteroatoms. The fraction of sp³-hybridized carbons (Fsp3) is 0.435. The van der Waals surface area contributed by atoms with E-state index in [0.717, 1.165) is 12.8 Å². The van der Waals surface area contributed by atoms with Gasteiger partial charge >= 0.3 is 5.69 Å². The minimum Gasteiger partial charge on any atom is -0.388 e. The molecule has 32 heavy (non-hydrogen) atoms. The lowest BCUT2D eigenvalue weighted by Crippen LogP contribution is -2.39. The van der Waals surface area contributed by atoms with Crippen molar-refractivity contribution in [3.63, 3.8) is 0 Å². The molecule has 0 spiro atoms. The molecule has 0 saturated carbocycles. The zero-order chi connectivity index (χ0) is 22.9. The maximum atomic E-state index is 13.5. The average Bonchev–Trinajstić information content (AvgIpc) is 3.11. The van der Waals surface area contributed by atoms with Crippen molar-refractivity contribution >= 4 is 17.5 Å². The molecule has 2 N–H and O–H groups in total. The van der Waals surface area contributed by atoms with E-state index in [1.54, 1.807) is 47.4 Å². The van der Waals surface area contributed by atoms with E-state index >= 15 is 0 Å². The Morgan fingerprint density at radius 1 is 1.28 bits per heavy atom. The van der Waals surface area contributed by atoms with Gasteiger partial charge in [-0.1, -0.05) is 17.7 Å². The molecule has 2 aromatic heterocycles. The summed E-state index contributed by atoms with van der Waals surface area (Å²) in [4.78, 5) is 22.4. The van der Waals surface area contributed by atoms with Crippen LogP contribution in [0.25, 0.3) is 17.1 Å². The number of halogens is 1. The summed E-state index contributed by atoms with van der Waals surface area (Å²) < 4.78 is 8.88. The number of aliphatic hydroxyl groups is 1. The van der Waals surface area contributed by atoms with Crippen molar-refractivity contribution in [2.75, 3.05) is 18.5 Å². The van der Waals surface area contributed by atoms with Crippen molar-refractivity contribution in [3.05, 3.63) is 58.2 Å². The third-order valence-corrected chi connectivity index (χ3v) is 6.12. The fourth-order valence-electron chi connectivity index (χ4n) is 3.67. The number of nitrogens with zero attached hydrogens (tertiary/aromatic N) is 4. The first-order valence-electron chi connectivity index (χ1n) is 10.7. The van der Waals surface area contributed by atoms with Crippen LogP contribution < -0.4 is 11.0 Å². The normalized spacial score (nSPS) is 16.2. The summed E-state index contributed by atoms with van der Waals surface area (Å²) in [5, 5.41) is 13.9. The van der Waals surface area contributed by atoms with Crippen LogP contribution in [0, 0.1) is 0 Å². The van der Waals surface area contributed by atoms with Crippen LogP contribution in [-0.4, -0.2) is 49.1 Å². The van der Waals surface area contributed by atoms with Gasteiger partial charge in [0, 0.05) is 36.7 Å². The monoisotopic (exact) mass is 457 g/mol. The number of rotatable bonds is 6. The Morgan fingerprint density at radius 3 is 2.72 bits per heavy atom. The highest BCUT2D eigenvalue weighted by molar-refractivity contribution is 6.30. The van der Waals surface area contributed by atoms with Crippen LogP contribution in [0.1, 0.15) is 39.7 Å². The molecule has 1 aromatic carbocycles. The molecule has 1 atom stereocenters. The number of aromatic nitrogens is 4. The summed E-state index contributed by atoms with van der Waals surface area (Å²) in [7, 11) is 0. The predicted molar refractivity (Wildman–Crippen MR) is 125 cm³/mol. The summed E-state index contributed by atoms with van der Waals surface area (Å²) in [6, 6.07) is 8.75. The van der Waals surface area contributed by atoms with E-state index in [0.29, 0.717) is 41.3 Å². The molecule has 0 aliphatic carbocycles. The molecule has 0 amide bonds. The van der Waals surface area contributed by atoms with E-state index in [2.05, 4.69) is 15.3 Å². The Morgan fingerprint density at radius 2 is 2.03 bits per heavy atom.